The van der Waals surface area contributed by atoms with Gasteiger partial charge in [-0.3, -0.25) is 24.3 Å². The van der Waals surface area contributed by atoms with Crippen molar-refractivity contribution in [3.05, 3.63) is 59.9 Å². The van der Waals surface area contributed by atoms with Crippen molar-refractivity contribution in [1.82, 2.24) is 9.80 Å². The first-order chi connectivity index (χ1) is 17.1. The first kappa shape index (κ1) is 25.6. The summed E-state index contributed by atoms with van der Waals surface area (Å²) in [7, 11) is 0. The van der Waals surface area contributed by atoms with Gasteiger partial charge in [0, 0.05) is 31.4 Å². The minimum atomic E-state index is -1.19. The van der Waals surface area contributed by atoms with Crippen LogP contribution in [0.15, 0.2) is 48.5 Å². The largest absolute Gasteiger partial charge is 0.491 e. The average molecular weight is 498 g/mol. The van der Waals surface area contributed by atoms with Crippen molar-refractivity contribution < 1.29 is 28.6 Å². The first-order valence-electron chi connectivity index (χ1n) is 12.2. The van der Waals surface area contributed by atoms with Crippen LogP contribution in [0.2, 0.25) is 0 Å². The Morgan fingerprint density at radius 3 is 2.61 bits per heavy atom. The summed E-state index contributed by atoms with van der Waals surface area (Å²) in [5, 5.41) is 9.12. The van der Waals surface area contributed by atoms with Crippen molar-refractivity contribution in [1.29, 1.82) is 0 Å². The monoisotopic (exact) mass is 497 g/mol. The van der Waals surface area contributed by atoms with Crippen molar-refractivity contribution in [2.75, 3.05) is 18.0 Å². The third-order valence-corrected chi connectivity index (χ3v) is 6.83. The Morgan fingerprint density at radius 1 is 1.19 bits per heavy atom. The Bertz CT molecular complexity index is 1160. The Hall–Kier alpha value is -3.46. The predicted octanol–water partition coefficient (Wildman–Crippen LogP) is 4.28. The minimum Gasteiger partial charge on any atom is -0.491 e. The number of nitrogens with zero attached hydrogens (tertiary/aromatic N) is 3. The molecule has 192 valence electrons. The topological polar surface area (TPSA) is 90.4 Å². The van der Waals surface area contributed by atoms with Gasteiger partial charge in [0.05, 0.1) is 12.5 Å². The lowest BCUT2D eigenvalue weighted by molar-refractivity contribution is -0.138. The summed E-state index contributed by atoms with van der Waals surface area (Å²) in [6, 6.07) is 12.9. The second-order valence-electron chi connectivity index (χ2n) is 9.82. The van der Waals surface area contributed by atoms with Crippen LogP contribution in [0.4, 0.5) is 14.9 Å². The zero-order chi connectivity index (χ0) is 26.0. The summed E-state index contributed by atoms with van der Waals surface area (Å²) in [6.45, 7) is 6.93. The molecule has 2 fully saturated rings. The molecule has 2 aromatic rings. The van der Waals surface area contributed by atoms with Gasteiger partial charge in [0.25, 0.3) is 5.91 Å². The average Bonchev–Trinajstić information content (AvgIpc) is 2.99. The highest BCUT2D eigenvalue weighted by Gasteiger charge is 2.59. The number of carbonyl (C=O) groups excluding carboxylic acids is 2. The number of carbonyl (C=O) groups is 3. The van der Waals surface area contributed by atoms with Crippen LogP contribution >= 0.6 is 0 Å². The van der Waals surface area contributed by atoms with E-state index in [-0.39, 0.29) is 25.1 Å². The number of piperidine rings is 1. The standard InChI is InChI=1S/C27H32FN3O5/c1-18(2)36-23-9-4-6-20(14-23)17-29-13-11-27(16-19(29)3)25(34)30(12-10-24(32)33)26(35)31(27)22-8-5-7-21(28)15-22/h4-9,14-15,18-19H,10-13,16-17H2,1-3H3,(H,32,33)/t19-,27?/m0/s1. The maximum atomic E-state index is 14.1. The Morgan fingerprint density at radius 2 is 1.94 bits per heavy atom. The predicted molar refractivity (Wildman–Crippen MR) is 132 cm³/mol. The van der Waals surface area contributed by atoms with Crippen LogP contribution < -0.4 is 9.64 Å². The van der Waals surface area contributed by atoms with Gasteiger partial charge in [-0.2, -0.15) is 0 Å². The van der Waals surface area contributed by atoms with Crippen molar-refractivity contribution in [2.45, 2.75) is 64.3 Å². The normalized spacial score (nSPS) is 22.6. The summed E-state index contributed by atoms with van der Waals surface area (Å²) < 4.78 is 19.9. The molecule has 2 aromatic carbocycles. The van der Waals surface area contributed by atoms with Crippen molar-refractivity contribution in [3.63, 3.8) is 0 Å². The Balaban J connectivity index is 1.59. The van der Waals surface area contributed by atoms with Gasteiger partial charge in [-0.05, 0) is 69.5 Å². The molecule has 1 N–H and O–H groups in total. The minimum absolute atomic E-state index is 0.0674. The smallest absolute Gasteiger partial charge is 0.332 e. The molecule has 0 bridgehead atoms. The van der Waals surface area contributed by atoms with Crippen LogP contribution in [-0.2, 0) is 16.1 Å². The van der Waals surface area contributed by atoms with Crippen LogP contribution in [0.1, 0.15) is 45.6 Å². The van der Waals surface area contributed by atoms with Gasteiger partial charge in [0.15, 0.2) is 0 Å². The molecule has 1 spiro atoms. The van der Waals surface area contributed by atoms with Gasteiger partial charge < -0.3 is 9.84 Å². The number of likely N-dealkylation sites (tertiary alicyclic amines) is 1. The van der Waals surface area contributed by atoms with E-state index in [0.717, 1.165) is 16.2 Å². The van der Waals surface area contributed by atoms with E-state index in [9.17, 15) is 18.8 Å². The number of rotatable bonds is 8. The molecule has 2 heterocycles. The van der Waals surface area contributed by atoms with Crippen LogP contribution in [0.25, 0.3) is 0 Å². The number of amides is 3. The molecular weight excluding hydrogens is 465 g/mol. The molecule has 3 amide bonds. The van der Waals surface area contributed by atoms with E-state index in [0.29, 0.717) is 31.6 Å². The van der Waals surface area contributed by atoms with Gasteiger partial charge in [0.2, 0.25) is 0 Å². The van der Waals surface area contributed by atoms with Gasteiger partial charge >= 0.3 is 12.0 Å². The van der Waals surface area contributed by atoms with Gasteiger partial charge in [-0.1, -0.05) is 18.2 Å². The number of urea groups is 1. The number of benzene rings is 2. The highest BCUT2D eigenvalue weighted by atomic mass is 19.1. The number of hydrogen-bond donors (Lipinski definition) is 1. The molecule has 2 aliphatic rings. The quantitative estimate of drug-likeness (QED) is 0.548. The molecule has 1 unspecified atom stereocenters. The van der Waals surface area contributed by atoms with Crippen LogP contribution in [0, 0.1) is 5.82 Å². The number of ether oxygens (including phenoxy) is 1. The highest BCUT2D eigenvalue weighted by Crippen LogP contribution is 2.43. The molecule has 8 nitrogen and oxygen atoms in total. The summed E-state index contributed by atoms with van der Waals surface area (Å²) in [6.07, 6.45) is 0.420. The lowest BCUT2D eigenvalue weighted by atomic mass is 9.81. The van der Waals surface area contributed by atoms with Crippen molar-refractivity contribution in [2.24, 2.45) is 0 Å². The second kappa shape index (κ2) is 10.3. The Labute approximate surface area is 210 Å². The van der Waals surface area contributed by atoms with Crippen molar-refractivity contribution in [3.8, 4) is 5.75 Å². The molecule has 0 radical (unpaired) electrons. The molecule has 4 rings (SSSR count). The fourth-order valence-electron chi connectivity index (χ4n) is 5.24. The highest BCUT2D eigenvalue weighted by molar-refractivity contribution is 6.17. The summed E-state index contributed by atoms with van der Waals surface area (Å²) >= 11 is 0. The molecule has 0 saturated carbocycles. The molecular formula is C27H32FN3O5. The molecule has 2 aliphatic heterocycles. The van der Waals surface area contributed by atoms with Crippen LogP contribution in [-0.4, -0.2) is 63.6 Å². The first-order valence-corrected chi connectivity index (χ1v) is 12.2. The zero-order valence-electron chi connectivity index (χ0n) is 20.8. The fraction of sp³-hybridized carbons (Fsp3) is 0.444. The maximum Gasteiger partial charge on any atom is 0.332 e. The van der Waals surface area contributed by atoms with Gasteiger partial charge in [-0.25, -0.2) is 9.18 Å². The Kier molecular flexibility index (Phi) is 7.31. The third-order valence-electron chi connectivity index (χ3n) is 6.83. The van der Waals surface area contributed by atoms with E-state index in [1.54, 1.807) is 6.07 Å². The fourth-order valence-corrected chi connectivity index (χ4v) is 5.24. The van der Waals surface area contributed by atoms with E-state index >= 15 is 0 Å². The number of aliphatic carboxylic acids is 1. The number of halogens is 1. The van der Waals surface area contributed by atoms with Crippen molar-refractivity contribution >= 4 is 23.6 Å². The zero-order valence-corrected chi connectivity index (χ0v) is 20.8. The molecule has 0 aromatic heterocycles. The number of carboxylic acid groups (broad SMARTS) is 1. The van der Waals surface area contributed by atoms with Gasteiger partial charge in [0.1, 0.15) is 17.1 Å². The van der Waals surface area contributed by atoms with Gasteiger partial charge in [-0.15, -0.1) is 0 Å². The van der Waals surface area contributed by atoms with E-state index in [1.165, 1.54) is 23.1 Å². The maximum absolute atomic E-state index is 14.1. The number of carboxylic acids is 1. The lowest BCUT2D eigenvalue weighted by Crippen LogP contribution is -2.59. The molecule has 36 heavy (non-hydrogen) atoms. The van der Waals surface area contributed by atoms with E-state index in [1.807, 2.05) is 45.0 Å². The van der Waals surface area contributed by atoms with E-state index < -0.39 is 29.3 Å². The number of imide groups is 1. The summed E-state index contributed by atoms with van der Waals surface area (Å²) in [4.78, 5) is 42.9. The van der Waals surface area contributed by atoms with E-state index in [4.69, 9.17) is 9.84 Å². The van der Waals surface area contributed by atoms with E-state index in [2.05, 4.69) is 4.90 Å². The van der Waals surface area contributed by atoms with Crippen LogP contribution in [0.5, 0.6) is 5.75 Å². The summed E-state index contributed by atoms with van der Waals surface area (Å²) in [5.41, 5.74) is 0.183. The third kappa shape index (κ3) is 5.06. The van der Waals surface area contributed by atoms with Crippen LogP contribution in [0.3, 0.4) is 0 Å². The summed E-state index contributed by atoms with van der Waals surface area (Å²) in [5.74, 6) is -1.23. The SMILES string of the molecule is CC(C)Oc1cccc(CN2CCC3(C[C@@H]2C)C(=O)N(CCC(=O)O)C(=O)N3c2cccc(F)c2)c1. The molecule has 9 heteroatoms. The lowest BCUT2D eigenvalue weighted by Gasteiger charge is -2.45. The number of hydrogen-bond acceptors (Lipinski definition) is 5. The molecule has 2 saturated heterocycles. The second-order valence-corrected chi connectivity index (χ2v) is 9.82. The number of anilines is 1. The molecule has 2 atom stereocenters. The molecule has 0 aliphatic carbocycles.